The van der Waals surface area contributed by atoms with Crippen molar-refractivity contribution in [2.75, 3.05) is 5.32 Å². The summed E-state index contributed by atoms with van der Waals surface area (Å²) in [5.41, 5.74) is 8.01. The monoisotopic (exact) mass is 289 g/mol. The molecule has 0 bridgehead atoms. The Morgan fingerprint density at radius 1 is 1.30 bits per heavy atom. The number of amides is 1. The Balaban J connectivity index is 2.08. The van der Waals surface area contributed by atoms with Crippen molar-refractivity contribution in [3.8, 4) is 0 Å². The molecule has 1 aromatic carbocycles. The van der Waals surface area contributed by atoms with Crippen molar-refractivity contribution in [3.05, 3.63) is 45.9 Å². The van der Waals surface area contributed by atoms with Gasteiger partial charge in [-0.15, -0.1) is 11.3 Å². The number of carbonyl (C=O) groups is 1. The van der Waals surface area contributed by atoms with Gasteiger partial charge in [-0.1, -0.05) is 32.9 Å². The van der Waals surface area contributed by atoms with E-state index in [0.717, 1.165) is 10.7 Å². The van der Waals surface area contributed by atoms with Crippen LogP contribution >= 0.6 is 11.3 Å². The van der Waals surface area contributed by atoms with E-state index >= 15 is 0 Å². The number of anilines is 1. The number of thiazole rings is 1. The van der Waals surface area contributed by atoms with E-state index in [1.165, 1.54) is 16.9 Å². The lowest BCUT2D eigenvalue weighted by Gasteiger charge is -2.19. The fraction of sp³-hybridized carbons (Fsp3) is 0.333. The summed E-state index contributed by atoms with van der Waals surface area (Å²) in [5.74, 6) is -0.204. The molecule has 0 saturated heterocycles. The molecule has 1 aromatic heterocycles. The SMILES string of the molecule is CC(C)(C)c1ccc(NC(=O)c2csc(CN)n2)cc1. The largest absolute Gasteiger partial charge is 0.325 e. The molecule has 0 saturated carbocycles. The normalized spacial score (nSPS) is 11.4. The Morgan fingerprint density at radius 2 is 1.95 bits per heavy atom. The molecular formula is C15H19N3OS. The minimum Gasteiger partial charge on any atom is -0.325 e. The molecule has 0 aliphatic carbocycles. The third kappa shape index (κ3) is 3.43. The minimum atomic E-state index is -0.204. The second kappa shape index (κ2) is 5.73. The topological polar surface area (TPSA) is 68.0 Å². The van der Waals surface area contributed by atoms with Gasteiger partial charge in [0.2, 0.25) is 0 Å². The Bertz CT molecular complexity index is 596. The molecule has 1 amide bonds. The lowest BCUT2D eigenvalue weighted by molar-refractivity contribution is 0.102. The van der Waals surface area contributed by atoms with Crippen LogP contribution in [0.1, 0.15) is 41.8 Å². The number of carbonyl (C=O) groups excluding carboxylic acids is 1. The number of nitrogens with one attached hydrogen (secondary N) is 1. The first-order valence-electron chi connectivity index (χ1n) is 6.46. The van der Waals surface area contributed by atoms with Crippen LogP contribution in [0.3, 0.4) is 0 Å². The van der Waals surface area contributed by atoms with Crippen LogP contribution in [-0.2, 0) is 12.0 Å². The Morgan fingerprint density at radius 3 is 2.45 bits per heavy atom. The average Bonchev–Trinajstić information content (AvgIpc) is 2.87. The van der Waals surface area contributed by atoms with Crippen LogP contribution < -0.4 is 11.1 Å². The Labute approximate surface area is 123 Å². The maximum Gasteiger partial charge on any atom is 0.275 e. The Kier molecular flexibility index (Phi) is 4.20. The van der Waals surface area contributed by atoms with Gasteiger partial charge in [-0.25, -0.2) is 4.98 Å². The summed E-state index contributed by atoms with van der Waals surface area (Å²) in [6, 6.07) is 7.88. The smallest absolute Gasteiger partial charge is 0.275 e. The van der Waals surface area contributed by atoms with Crippen molar-refractivity contribution in [1.29, 1.82) is 0 Å². The van der Waals surface area contributed by atoms with Gasteiger partial charge >= 0.3 is 0 Å². The first-order valence-corrected chi connectivity index (χ1v) is 7.34. The Hall–Kier alpha value is -1.72. The van der Waals surface area contributed by atoms with Crippen molar-refractivity contribution in [2.24, 2.45) is 5.73 Å². The number of aromatic nitrogens is 1. The lowest BCUT2D eigenvalue weighted by atomic mass is 9.87. The molecule has 0 aliphatic rings. The molecule has 3 N–H and O–H groups in total. The van der Waals surface area contributed by atoms with Crippen LogP contribution in [0.2, 0.25) is 0 Å². The van der Waals surface area contributed by atoms with Gasteiger partial charge in [0.1, 0.15) is 10.7 Å². The van der Waals surface area contributed by atoms with Crippen molar-refractivity contribution in [1.82, 2.24) is 4.98 Å². The van der Waals surface area contributed by atoms with Gasteiger partial charge in [0.25, 0.3) is 5.91 Å². The summed E-state index contributed by atoms with van der Waals surface area (Å²) < 4.78 is 0. The number of nitrogens with zero attached hydrogens (tertiary/aromatic N) is 1. The van der Waals surface area contributed by atoms with E-state index in [0.29, 0.717) is 12.2 Å². The highest BCUT2D eigenvalue weighted by atomic mass is 32.1. The van der Waals surface area contributed by atoms with Crippen LogP contribution in [0, 0.1) is 0 Å². The van der Waals surface area contributed by atoms with Crippen molar-refractivity contribution < 1.29 is 4.79 Å². The molecule has 0 unspecified atom stereocenters. The molecule has 0 fully saturated rings. The maximum absolute atomic E-state index is 12.0. The molecule has 106 valence electrons. The first kappa shape index (κ1) is 14.7. The van der Waals surface area contributed by atoms with Gasteiger partial charge in [0.05, 0.1) is 0 Å². The summed E-state index contributed by atoms with van der Waals surface area (Å²) in [6.45, 7) is 6.83. The molecule has 0 atom stereocenters. The van der Waals surface area contributed by atoms with Crippen LogP contribution in [0.25, 0.3) is 0 Å². The lowest BCUT2D eigenvalue weighted by Crippen LogP contribution is -2.14. The predicted octanol–water partition coefficient (Wildman–Crippen LogP) is 3.15. The fourth-order valence-corrected chi connectivity index (χ4v) is 2.41. The van der Waals surface area contributed by atoms with Crippen molar-refractivity contribution in [3.63, 3.8) is 0 Å². The van der Waals surface area contributed by atoms with E-state index in [-0.39, 0.29) is 11.3 Å². The van der Waals surface area contributed by atoms with Crippen LogP contribution in [0.4, 0.5) is 5.69 Å². The zero-order valence-corrected chi connectivity index (χ0v) is 12.8. The third-order valence-corrected chi connectivity index (χ3v) is 3.84. The number of benzene rings is 1. The molecule has 2 rings (SSSR count). The summed E-state index contributed by atoms with van der Waals surface area (Å²) in [6.07, 6.45) is 0. The molecule has 0 spiro atoms. The second-order valence-electron chi connectivity index (χ2n) is 5.61. The quantitative estimate of drug-likeness (QED) is 0.912. The van der Waals surface area contributed by atoms with Gasteiger partial charge in [0.15, 0.2) is 0 Å². The number of rotatable bonds is 3. The number of nitrogens with two attached hydrogens (primary N) is 1. The van der Waals surface area contributed by atoms with Gasteiger partial charge in [0, 0.05) is 17.6 Å². The minimum absolute atomic E-state index is 0.105. The van der Waals surface area contributed by atoms with Crippen LogP contribution in [0.5, 0.6) is 0 Å². The summed E-state index contributed by atoms with van der Waals surface area (Å²) >= 11 is 1.40. The number of hydrogen-bond donors (Lipinski definition) is 2. The van der Waals surface area contributed by atoms with Crippen molar-refractivity contribution >= 4 is 22.9 Å². The fourth-order valence-electron chi connectivity index (χ4n) is 1.76. The highest BCUT2D eigenvalue weighted by Crippen LogP contribution is 2.23. The third-order valence-electron chi connectivity index (χ3n) is 2.97. The van der Waals surface area contributed by atoms with E-state index in [2.05, 4.69) is 31.1 Å². The second-order valence-corrected chi connectivity index (χ2v) is 6.55. The molecular weight excluding hydrogens is 270 g/mol. The summed E-state index contributed by atoms with van der Waals surface area (Å²) in [5, 5.41) is 5.32. The highest BCUT2D eigenvalue weighted by molar-refractivity contribution is 7.09. The van der Waals surface area contributed by atoms with Crippen LogP contribution in [0.15, 0.2) is 29.6 Å². The molecule has 0 radical (unpaired) electrons. The molecule has 20 heavy (non-hydrogen) atoms. The van der Waals surface area contributed by atoms with Gasteiger partial charge < -0.3 is 11.1 Å². The molecule has 1 heterocycles. The van der Waals surface area contributed by atoms with E-state index in [4.69, 9.17) is 5.73 Å². The van der Waals surface area contributed by atoms with Gasteiger partial charge in [-0.05, 0) is 23.1 Å². The van der Waals surface area contributed by atoms with E-state index in [1.54, 1.807) is 5.38 Å². The zero-order chi connectivity index (χ0) is 14.8. The highest BCUT2D eigenvalue weighted by Gasteiger charge is 2.14. The molecule has 4 nitrogen and oxygen atoms in total. The molecule has 2 aromatic rings. The maximum atomic E-state index is 12.0. The zero-order valence-electron chi connectivity index (χ0n) is 11.9. The standard InChI is InChI=1S/C15H19N3OS/c1-15(2,3)10-4-6-11(7-5-10)17-14(19)12-9-20-13(8-16)18-12/h4-7,9H,8,16H2,1-3H3,(H,17,19). The van der Waals surface area contributed by atoms with E-state index < -0.39 is 0 Å². The summed E-state index contributed by atoms with van der Waals surface area (Å²) in [4.78, 5) is 16.2. The predicted molar refractivity (Wildman–Crippen MR) is 83.1 cm³/mol. The van der Waals surface area contributed by atoms with E-state index in [1.807, 2.05) is 24.3 Å². The van der Waals surface area contributed by atoms with E-state index in [9.17, 15) is 4.79 Å². The van der Waals surface area contributed by atoms with Crippen molar-refractivity contribution in [2.45, 2.75) is 32.7 Å². The number of hydrogen-bond acceptors (Lipinski definition) is 4. The molecule has 0 aliphatic heterocycles. The van der Waals surface area contributed by atoms with Crippen LogP contribution in [-0.4, -0.2) is 10.9 Å². The van der Waals surface area contributed by atoms with Gasteiger partial charge in [-0.2, -0.15) is 0 Å². The molecule has 5 heteroatoms. The first-order chi connectivity index (χ1) is 9.40. The average molecular weight is 289 g/mol. The summed E-state index contributed by atoms with van der Waals surface area (Å²) in [7, 11) is 0. The van der Waals surface area contributed by atoms with Gasteiger partial charge in [-0.3, -0.25) is 4.79 Å².